The standard InChI is InChI=1S/C20H30O2S/c1-3-20(16(2)21)18-7-9-19(10-8-18)22-13-5-4-6-17-11-14-23-15-12-17/h7-10,17,20H,3-6,11-15H2,1-2H3. The molecule has 1 fully saturated rings. The van der Waals surface area contributed by atoms with E-state index in [2.05, 4.69) is 18.7 Å². The molecule has 0 aliphatic carbocycles. The SMILES string of the molecule is CCC(C(C)=O)c1ccc(OCCCCC2CCSCC2)cc1. The topological polar surface area (TPSA) is 26.3 Å². The van der Waals surface area contributed by atoms with Gasteiger partial charge in [-0.3, -0.25) is 4.79 Å². The zero-order valence-corrected chi connectivity index (χ0v) is 15.4. The second kappa shape index (κ2) is 10.0. The van der Waals surface area contributed by atoms with Crippen molar-refractivity contribution in [3.8, 4) is 5.75 Å². The summed E-state index contributed by atoms with van der Waals surface area (Å²) in [6.07, 6.45) is 7.43. The highest BCUT2D eigenvalue weighted by Gasteiger charge is 2.14. The lowest BCUT2D eigenvalue weighted by Gasteiger charge is -2.20. The molecule has 1 aromatic rings. The maximum Gasteiger partial charge on any atom is 0.137 e. The van der Waals surface area contributed by atoms with E-state index in [0.717, 1.165) is 36.7 Å². The van der Waals surface area contributed by atoms with Gasteiger partial charge in [-0.05, 0) is 74.1 Å². The smallest absolute Gasteiger partial charge is 0.137 e. The maximum atomic E-state index is 11.6. The molecule has 23 heavy (non-hydrogen) atoms. The van der Waals surface area contributed by atoms with E-state index in [1.807, 2.05) is 24.3 Å². The van der Waals surface area contributed by atoms with Gasteiger partial charge in [-0.25, -0.2) is 0 Å². The van der Waals surface area contributed by atoms with E-state index in [0.29, 0.717) is 0 Å². The van der Waals surface area contributed by atoms with Crippen LogP contribution in [0.3, 0.4) is 0 Å². The van der Waals surface area contributed by atoms with E-state index < -0.39 is 0 Å². The van der Waals surface area contributed by atoms with Gasteiger partial charge in [0, 0.05) is 5.92 Å². The summed E-state index contributed by atoms with van der Waals surface area (Å²) in [6.45, 7) is 4.52. The molecule has 0 saturated carbocycles. The Hall–Kier alpha value is -0.960. The molecule has 1 aliphatic heterocycles. The van der Waals surface area contributed by atoms with Crippen LogP contribution in [0.15, 0.2) is 24.3 Å². The van der Waals surface area contributed by atoms with Crippen LogP contribution >= 0.6 is 11.8 Å². The number of ketones is 1. The highest BCUT2D eigenvalue weighted by molar-refractivity contribution is 7.99. The number of benzene rings is 1. The minimum atomic E-state index is 0.0257. The van der Waals surface area contributed by atoms with Crippen molar-refractivity contribution < 1.29 is 9.53 Å². The monoisotopic (exact) mass is 334 g/mol. The summed E-state index contributed by atoms with van der Waals surface area (Å²) in [7, 11) is 0. The second-order valence-corrected chi connectivity index (χ2v) is 7.77. The van der Waals surface area contributed by atoms with Gasteiger partial charge in [0.05, 0.1) is 6.61 Å². The van der Waals surface area contributed by atoms with E-state index in [4.69, 9.17) is 4.74 Å². The third-order valence-electron chi connectivity index (χ3n) is 4.80. The fraction of sp³-hybridized carbons (Fsp3) is 0.650. The van der Waals surface area contributed by atoms with Gasteiger partial charge in [0.1, 0.15) is 11.5 Å². The third kappa shape index (κ3) is 6.21. The fourth-order valence-corrected chi connectivity index (χ4v) is 4.52. The number of thioether (sulfide) groups is 1. The first-order valence-corrected chi connectivity index (χ1v) is 10.2. The van der Waals surface area contributed by atoms with Crippen LogP contribution in [0.4, 0.5) is 0 Å². The predicted molar refractivity (Wildman–Crippen MR) is 99.6 cm³/mol. The summed E-state index contributed by atoms with van der Waals surface area (Å²) in [5.41, 5.74) is 1.10. The van der Waals surface area contributed by atoms with Crippen LogP contribution < -0.4 is 4.74 Å². The van der Waals surface area contributed by atoms with Crippen molar-refractivity contribution in [2.24, 2.45) is 5.92 Å². The largest absolute Gasteiger partial charge is 0.494 e. The van der Waals surface area contributed by atoms with E-state index in [9.17, 15) is 4.79 Å². The number of rotatable bonds is 9. The molecule has 1 saturated heterocycles. The number of Topliss-reactive ketones (excluding diaryl/α,β-unsaturated/α-hetero) is 1. The first kappa shape index (κ1) is 18.4. The Kier molecular flexibility index (Phi) is 8.01. The molecule has 1 heterocycles. The molecule has 0 radical (unpaired) electrons. The molecule has 0 aromatic heterocycles. The van der Waals surface area contributed by atoms with Gasteiger partial charge in [0.2, 0.25) is 0 Å². The molecular weight excluding hydrogens is 304 g/mol. The van der Waals surface area contributed by atoms with Crippen molar-refractivity contribution in [1.82, 2.24) is 0 Å². The van der Waals surface area contributed by atoms with Crippen molar-refractivity contribution in [2.45, 2.75) is 58.3 Å². The summed E-state index contributed by atoms with van der Waals surface area (Å²) in [5.74, 6) is 4.84. The molecular formula is C20H30O2S. The molecule has 1 aliphatic rings. The Morgan fingerprint density at radius 1 is 1.22 bits per heavy atom. The number of hydrogen-bond acceptors (Lipinski definition) is 3. The molecule has 128 valence electrons. The second-order valence-electron chi connectivity index (χ2n) is 6.54. The summed E-state index contributed by atoms with van der Waals surface area (Å²) in [5, 5.41) is 0. The molecule has 1 unspecified atom stereocenters. The minimum absolute atomic E-state index is 0.0257. The van der Waals surface area contributed by atoms with Gasteiger partial charge >= 0.3 is 0 Å². The van der Waals surface area contributed by atoms with Crippen LogP contribution in [0.2, 0.25) is 0 Å². The van der Waals surface area contributed by atoms with Crippen LogP contribution in [-0.2, 0) is 4.79 Å². The van der Waals surface area contributed by atoms with E-state index in [1.54, 1.807) is 6.92 Å². The molecule has 0 bridgehead atoms. The summed E-state index contributed by atoms with van der Waals surface area (Å²) in [6, 6.07) is 8.06. The van der Waals surface area contributed by atoms with Crippen LogP contribution in [-0.4, -0.2) is 23.9 Å². The Morgan fingerprint density at radius 3 is 2.52 bits per heavy atom. The molecule has 1 aromatic carbocycles. The number of hydrogen-bond donors (Lipinski definition) is 0. The van der Waals surface area contributed by atoms with Crippen molar-refractivity contribution in [2.75, 3.05) is 18.1 Å². The number of unbranched alkanes of at least 4 members (excludes halogenated alkanes) is 1. The molecule has 0 amide bonds. The predicted octanol–water partition coefficient (Wildman–Crippen LogP) is 5.46. The van der Waals surface area contributed by atoms with Gasteiger partial charge in [-0.15, -0.1) is 0 Å². The average molecular weight is 335 g/mol. The van der Waals surface area contributed by atoms with Crippen LogP contribution in [0, 0.1) is 5.92 Å². The summed E-state index contributed by atoms with van der Waals surface area (Å²) >= 11 is 2.10. The summed E-state index contributed by atoms with van der Waals surface area (Å²) < 4.78 is 5.84. The fourth-order valence-electron chi connectivity index (χ4n) is 3.31. The first-order chi connectivity index (χ1) is 11.2. The van der Waals surface area contributed by atoms with Crippen LogP contribution in [0.25, 0.3) is 0 Å². The molecule has 0 spiro atoms. The molecule has 1 atom stereocenters. The molecule has 2 rings (SSSR count). The van der Waals surface area contributed by atoms with E-state index in [-0.39, 0.29) is 11.7 Å². The Balaban J connectivity index is 1.66. The zero-order valence-electron chi connectivity index (χ0n) is 14.6. The Labute approximate surface area is 145 Å². The minimum Gasteiger partial charge on any atom is -0.494 e. The van der Waals surface area contributed by atoms with Gasteiger partial charge < -0.3 is 4.74 Å². The number of carbonyl (C=O) groups excluding carboxylic acids is 1. The Bertz CT molecular complexity index is 463. The van der Waals surface area contributed by atoms with Gasteiger partial charge in [0.25, 0.3) is 0 Å². The lowest BCUT2D eigenvalue weighted by Crippen LogP contribution is -2.10. The lowest BCUT2D eigenvalue weighted by molar-refractivity contribution is -0.118. The average Bonchev–Trinajstić information content (AvgIpc) is 2.57. The highest BCUT2D eigenvalue weighted by atomic mass is 32.2. The van der Waals surface area contributed by atoms with Crippen LogP contribution in [0.5, 0.6) is 5.75 Å². The van der Waals surface area contributed by atoms with Gasteiger partial charge in [-0.1, -0.05) is 25.5 Å². The third-order valence-corrected chi connectivity index (χ3v) is 5.85. The quantitative estimate of drug-likeness (QED) is 0.561. The van der Waals surface area contributed by atoms with Crippen molar-refractivity contribution in [1.29, 1.82) is 0 Å². The highest BCUT2D eigenvalue weighted by Crippen LogP contribution is 2.27. The van der Waals surface area contributed by atoms with Crippen molar-refractivity contribution in [3.05, 3.63) is 29.8 Å². The molecule has 3 heteroatoms. The van der Waals surface area contributed by atoms with Crippen molar-refractivity contribution >= 4 is 17.5 Å². The lowest BCUT2D eigenvalue weighted by atomic mass is 9.93. The normalized spacial score (nSPS) is 17.0. The summed E-state index contributed by atoms with van der Waals surface area (Å²) in [4.78, 5) is 11.6. The first-order valence-electron chi connectivity index (χ1n) is 9.01. The van der Waals surface area contributed by atoms with Gasteiger partial charge in [-0.2, -0.15) is 11.8 Å². The number of ether oxygens (including phenoxy) is 1. The van der Waals surface area contributed by atoms with E-state index in [1.165, 1.54) is 37.2 Å². The molecule has 0 N–H and O–H groups in total. The van der Waals surface area contributed by atoms with E-state index >= 15 is 0 Å². The van der Waals surface area contributed by atoms with Crippen molar-refractivity contribution in [3.63, 3.8) is 0 Å². The maximum absolute atomic E-state index is 11.6. The molecule has 2 nitrogen and oxygen atoms in total. The zero-order chi connectivity index (χ0) is 16.5. The van der Waals surface area contributed by atoms with Crippen LogP contribution in [0.1, 0.15) is 63.9 Å². The Morgan fingerprint density at radius 2 is 1.91 bits per heavy atom. The van der Waals surface area contributed by atoms with Gasteiger partial charge in [0.15, 0.2) is 0 Å². The number of carbonyl (C=O) groups is 1.